The molecule has 0 aliphatic rings. The first-order valence-corrected chi connectivity index (χ1v) is 6.97. The molecule has 94 valence electrons. The van der Waals surface area contributed by atoms with Crippen molar-refractivity contribution in [3.05, 3.63) is 53.6 Å². The van der Waals surface area contributed by atoms with Crippen molar-refractivity contribution < 1.29 is 4.74 Å². The molecule has 0 fully saturated rings. The lowest BCUT2D eigenvalue weighted by molar-refractivity contribution is 0.344. The highest BCUT2D eigenvalue weighted by molar-refractivity contribution is 7.99. The van der Waals surface area contributed by atoms with E-state index >= 15 is 0 Å². The highest BCUT2D eigenvalue weighted by Gasteiger charge is 1.97. The van der Waals surface area contributed by atoms with Crippen molar-refractivity contribution in [3.63, 3.8) is 0 Å². The number of hydrogen-bond donors (Lipinski definition) is 1. The molecule has 18 heavy (non-hydrogen) atoms. The first-order valence-electron chi connectivity index (χ1n) is 5.61. The third-order valence-electron chi connectivity index (χ3n) is 2.29. The van der Waals surface area contributed by atoms with Gasteiger partial charge in [-0.25, -0.2) is 0 Å². The van der Waals surface area contributed by atoms with Gasteiger partial charge in [0.05, 0.1) is 6.61 Å². The van der Waals surface area contributed by atoms with Crippen molar-refractivity contribution in [1.82, 2.24) is 0 Å². The lowest BCUT2D eigenvalue weighted by Gasteiger charge is -2.06. The van der Waals surface area contributed by atoms with Gasteiger partial charge in [-0.15, -0.1) is 11.8 Å². The molecule has 0 saturated carbocycles. The molecule has 0 aromatic heterocycles. The van der Waals surface area contributed by atoms with Gasteiger partial charge in [-0.1, -0.05) is 17.7 Å². The Hall–Kier alpha value is -1.32. The van der Waals surface area contributed by atoms with E-state index in [1.54, 1.807) is 11.8 Å². The van der Waals surface area contributed by atoms with E-state index in [1.165, 1.54) is 0 Å². The number of halogens is 1. The van der Waals surface area contributed by atoms with Gasteiger partial charge in [-0.3, -0.25) is 0 Å². The van der Waals surface area contributed by atoms with E-state index in [-0.39, 0.29) is 0 Å². The van der Waals surface area contributed by atoms with Crippen molar-refractivity contribution in [2.24, 2.45) is 0 Å². The second-order valence-electron chi connectivity index (χ2n) is 3.72. The highest BCUT2D eigenvalue weighted by Crippen LogP contribution is 2.20. The molecule has 2 rings (SSSR count). The summed E-state index contributed by atoms with van der Waals surface area (Å²) in [5.74, 6) is 1.72. The Morgan fingerprint density at radius 1 is 1.11 bits per heavy atom. The fourth-order valence-electron chi connectivity index (χ4n) is 1.45. The number of benzene rings is 2. The van der Waals surface area contributed by atoms with Gasteiger partial charge in [-0.2, -0.15) is 0 Å². The van der Waals surface area contributed by atoms with Crippen LogP contribution in [-0.4, -0.2) is 12.4 Å². The summed E-state index contributed by atoms with van der Waals surface area (Å²) in [5.41, 5.74) is 6.50. The van der Waals surface area contributed by atoms with Crippen LogP contribution in [0.4, 0.5) is 5.69 Å². The Bertz CT molecular complexity index is 501. The van der Waals surface area contributed by atoms with Crippen LogP contribution >= 0.6 is 23.4 Å². The van der Waals surface area contributed by atoms with Crippen LogP contribution in [-0.2, 0) is 0 Å². The number of nitrogens with two attached hydrogens (primary N) is 1. The van der Waals surface area contributed by atoms with Crippen LogP contribution in [0, 0.1) is 0 Å². The van der Waals surface area contributed by atoms with E-state index in [2.05, 4.69) is 0 Å². The highest BCUT2D eigenvalue weighted by atomic mass is 35.5. The minimum Gasteiger partial charge on any atom is -0.493 e. The Morgan fingerprint density at radius 3 is 2.61 bits per heavy atom. The Labute approximate surface area is 116 Å². The summed E-state index contributed by atoms with van der Waals surface area (Å²) in [6.07, 6.45) is 0. The molecule has 0 aliphatic carbocycles. The Balaban J connectivity index is 1.74. The summed E-state index contributed by atoms with van der Waals surface area (Å²) in [6.45, 7) is 0.654. The topological polar surface area (TPSA) is 35.2 Å². The van der Waals surface area contributed by atoms with Crippen molar-refractivity contribution in [1.29, 1.82) is 0 Å². The zero-order chi connectivity index (χ0) is 12.8. The molecular weight excluding hydrogens is 266 g/mol. The normalized spacial score (nSPS) is 10.3. The number of thioether (sulfide) groups is 1. The summed E-state index contributed by atoms with van der Waals surface area (Å²) >= 11 is 7.52. The summed E-state index contributed by atoms with van der Waals surface area (Å²) in [7, 11) is 0. The van der Waals surface area contributed by atoms with Crippen molar-refractivity contribution in [3.8, 4) is 5.75 Å². The van der Waals surface area contributed by atoms with Crippen LogP contribution in [0.5, 0.6) is 5.75 Å². The van der Waals surface area contributed by atoms with Crippen LogP contribution in [0.25, 0.3) is 0 Å². The van der Waals surface area contributed by atoms with Gasteiger partial charge in [0.2, 0.25) is 0 Å². The molecule has 0 radical (unpaired) electrons. The van der Waals surface area contributed by atoms with E-state index in [4.69, 9.17) is 22.1 Å². The van der Waals surface area contributed by atoms with Gasteiger partial charge in [0, 0.05) is 21.4 Å². The number of anilines is 1. The second-order valence-corrected chi connectivity index (χ2v) is 5.33. The molecular formula is C14H14ClNOS. The molecule has 0 aliphatic heterocycles. The van der Waals surface area contributed by atoms with E-state index in [0.29, 0.717) is 6.61 Å². The smallest absolute Gasteiger partial charge is 0.119 e. The van der Waals surface area contributed by atoms with Crippen molar-refractivity contribution in [2.75, 3.05) is 18.1 Å². The third kappa shape index (κ3) is 4.17. The Kier molecular flexibility index (Phi) is 4.79. The molecule has 2 N–H and O–H groups in total. The molecule has 2 aromatic rings. The van der Waals surface area contributed by atoms with Crippen LogP contribution in [0.1, 0.15) is 0 Å². The van der Waals surface area contributed by atoms with E-state index < -0.39 is 0 Å². The maximum Gasteiger partial charge on any atom is 0.119 e. The maximum atomic E-state index is 5.80. The maximum absolute atomic E-state index is 5.80. The average Bonchev–Trinajstić information content (AvgIpc) is 2.37. The van der Waals surface area contributed by atoms with E-state index in [9.17, 15) is 0 Å². The number of hydrogen-bond acceptors (Lipinski definition) is 3. The quantitative estimate of drug-likeness (QED) is 0.509. The average molecular weight is 280 g/mol. The van der Waals surface area contributed by atoms with E-state index in [0.717, 1.165) is 27.1 Å². The summed E-state index contributed by atoms with van der Waals surface area (Å²) < 4.78 is 5.60. The summed E-state index contributed by atoms with van der Waals surface area (Å²) in [4.78, 5) is 1.16. The molecule has 0 atom stereocenters. The van der Waals surface area contributed by atoms with Crippen molar-refractivity contribution in [2.45, 2.75) is 4.90 Å². The fraction of sp³-hybridized carbons (Fsp3) is 0.143. The molecule has 2 nitrogen and oxygen atoms in total. The first-order chi connectivity index (χ1) is 8.74. The second kappa shape index (κ2) is 6.57. The van der Waals surface area contributed by atoms with E-state index in [1.807, 2.05) is 48.5 Å². The third-order valence-corrected chi connectivity index (χ3v) is 3.50. The van der Waals surface area contributed by atoms with Crippen LogP contribution in [0.3, 0.4) is 0 Å². The van der Waals surface area contributed by atoms with Gasteiger partial charge < -0.3 is 10.5 Å². The molecule has 0 saturated heterocycles. The van der Waals surface area contributed by atoms with Gasteiger partial charge in [0.1, 0.15) is 5.75 Å². The lowest BCUT2D eigenvalue weighted by Crippen LogP contribution is -1.99. The molecule has 4 heteroatoms. The zero-order valence-corrected chi connectivity index (χ0v) is 11.4. The number of rotatable bonds is 5. The zero-order valence-electron chi connectivity index (χ0n) is 9.80. The standard InChI is InChI=1S/C14H14ClNOS/c15-11-4-6-13(7-5-11)17-8-9-18-14-3-1-2-12(16)10-14/h1-7,10H,8-9,16H2. The van der Waals surface area contributed by atoms with Gasteiger partial charge in [-0.05, 0) is 42.5 Å². The Morgan fingerprint density at radius 2 is 1.89 bits per heavy atom. The van der Waals surface area contributed by atoms with Crippen LogP contribution in [0.2, 0.25) is 5.02 Å². The van der Waals surface area contributed by atoms with Gasteiger partial charge in [0.25, 0.3) is 0 Å². The monoisotopic (exact) mass is 279 g/mol. The molecule has 0 heterocycles. The SMILES string of the molecule is Nc1cccc(SCCOc2ccc(Cl)cc2)c1. The summed E-state index contributed by atoms with van der Waals surface area (Å²) in [6, 6.07) is 15.2. The predicted octanol–water partition coefficient (Wildman–Crippen LogP) is 4.09. The molecule has 2 aromatic carbocycles. The minimum atomic E-state index is 0.654. The minimum absolute atomic E-state index is 0.654. The molecule has 0 unspecified atom stereocenters. The lowest BCUT2D eigenvalue weighted by atomic mass is 10.3. The number of ether oxygens (including phenoxy) is 1. The van der Waals surface area contributed by atoms with Gasteiger partial charge >= 0.3 is 0 Å². The molecule has 0 amide bonds. The van der Waals surface area contributed by atoms with Crippen molar-refractivity contribution >= 4 is 29.1 Å². The largest absolute Gasteiger partial charge is 0.493 e. The first kappa shape index (κ1) is 13.1. The summed E-state index contributed by atoms with van der Waals surface area (Å²) in [5, 5.41) is 0.719. The molecule has 0 bridgehead atoms. The molecule has 0 spiro atoms. The number of nitrogen functional groups attached to an aromatic ring is 1. The fourth-order valence-corrected chi connectivity index (χ4v) is 2.38. The van der Waals surface area contributed by atoms with Crippen LogP contribution < -0.4 is 10.5 Å². The van der Waals surface area contributed by atoms with Gasteiger partial charge in [0.15, 0.2) is 0 Å². The van der Waals surface area contributed by atoms with Crippen LogP contribution in [0.15, 0.2) is 53.4 Å². The predicted molar refractivity (Wildman–Crippen MR) is 78.5 cm³/mol.